The highest BCUT2D eigenvalue weighted by Gasteiger charge is 2.25. The minimum absolute atomic E-state index is 0.0971. The minimum Gasteiger partial charge on any atom is -0.363 e. The SMILES string of the molecule is CCN(CC(=O)NCCN(C)C1CC1)c1ccccc1. The predicted octanol–water partition coefficient (Wildman–Crippen LogP) is 1.72. The topological polar surface area (TPSA) is 35.6 Å². The van der Waals surface area contributed by atoms with Crippen LogP contribution in [-0.2, 0) is 4.79 Å². The lowest BCUT2D eigenvalue weighted by molar-refractivity contribution is -0.119. The minimum atomic E-state index is 0.0971. The lowest BCUT2D eigenvalue weighted by atomic mass is 10.3. The van der Waals surface area contributed by atoms with E-state index in [9.17, 15) is 4.79 Å². The van der Waals surface area contributed by atoms with Crippen LogP contribution in [0.4, 0.5) is 5.69 Å². The molecule has 0 atom stereocenters. The van der Waals surface area contributed by atoms with Crippen molar-refractivity contribution in [2.45, 2.75) is 25.8 Å². The Morgan fingerprint density at radius 1 is 1.30 bits per heavy atom. The van der Waals surface area contributed by atoms with Crippen molar-refractivity contribution in [2.24, 2.45) is 0 Å². The second-order valence-corrected chi connectivity index (χ2v) is 5.41. The Balaban J connectivity index is 1.72. The summed E-state index contributed by atoms with van der Waals surface area (Å²) in [6.07, 6.45) is 2.62. The number of nitrogens with zero attached hydrogens (tertiary/aromatic N) is 2. The van der Waals surface area contributed by atoms with Crippen molar-refractivity contribution in [3.8, 4) is 0 Å². The zero-order chi connectivity index (χ0) is 14.4. The first-order chi connectivity index (χ1) is 9.70. The Bertz CT molecular complexity index is 417. The molecular formula is C16H25N3O. The summed E-state index contributed by atoms with van der Waals surface area (Å²) in [7, 11) is 2.13. The molecule has 0 radical (unpaired) electrons. The summed E-state index contributed by atoms with van der Waals surface area (Å²) in [4.78, 5) is 16.4. The van der Waals surface area contributed by atoms with Crippen LogP contribution in [0.3, 0.4) is 0 Å². The molecule has 1 aromatic rings. The maximum Gasteiger partial charge on any atom is 0.239 e. The average Bonchev–Trinajstić information content (AvgIpc) is 3.30. The fourth-order valence-corrected chi connectivity index (χ4v) is 2.32. The fourth-order valence-electron chi connectivity index (χ4n) is 2.32. The van der Waals surface area contributed by atoms with E-state index in [-0.39, 0.29) is 5.91 Å². The Kier molecular flexibility index (Phi) is 5.41. The monoisotopic (exact) mass is 275 g/mol. The fraction of sp³-hybridized carbons (Fsp3) is 0.562. The van der Waals surface area contributed by atoms with Gasteiger partial charge in [-0.25, -0.2) is 0 Å². The van der Waals surface area contributed by atoms with Crippen LogP contribution in [0.2, 0.25) is 0 Å². The average molecular weight is 275 g/mol. The maximum atomic E-state index is 12.0. The standard InChI is InChI=1S/C16H25N3O/c1-3-19(15-7-5-4-6-8-15)13-16(20)17-11-12-18(2)14-9-10-14/h4-8,14H,3,9-13H2,1-2H3,(H,17,20). The summed E-state index contributed by atoms with van der Waals surface area (Å²) in [6, 6.07) is 10.8. The van der Waals surface area contributed by atoms with Gasteiger partial charge in [0.05, 0.1) is 6.54 Å². The number of hydrogen-bond acceptors (Lipinski definition) is 3. The van der Waals surface area contributed by atoms with Gasteiger partial charge in [-0.05, 0) is 38.9 Å². The van der Waals surface area contributed by atoms with E-state index in [1.54, 1.807) is 0 Å². The van der Waals surface area contributed by atoms with Gasteiger partial charge in [-0.2, -0.15) is 0 Å². The molecule has 1 saturated carbocycles. The van der Waals surface area contributed by atoms with Crippen molar-refractivity contribution in [2.75, 3.05) is 38.1 Å². The number of hydrogen-bond donors (Lipinski definition) is 1. The predicted molar refractivity (Wildman–Crippen MR) is 83.0 cm³/mol. The third-order valence-electron chi connectivity index (χ3n) is 3.79. The van der Waals surface area contributed by atoms with E-state index >= 15 is 0 Å². The first-order valence-corrected chi connectivity index (χ1v) is 7.47. The van der Waals surface area contributed by atoms with Gasteiger partial charge in [-0.3, -0.25) is 4.79 Å². The molecule has 1 aliphatic rings. The van der Waals surface area contributed by atoms with Crippen LogP contribution in [0.1, 0.15) is 19.8 Å². The van der Waals surface area contributed by atoms with Crippen molar-refractivity contribution in [1.29, 1.82) is 0 Å². The van der Waals surface area contributed by atoms with Gasteiger partial charge in [0.2, 0.25) is 5.91 Å². The smallest absolute Gasteiger partial charge is 0.239 e. The van der Waals surface area contributed by atoms with E-state index in [2.05, 4.69) is 29.1 Å². The Labute approximate surface area is 121 Å². The second-order valence-electron chi connectivity index (χ2n) is 5.41. The van der Waals surface area contributed by atoms with Crippen molar-refractivity contribution in [3.63, 3.8) is 0 Å². The first kappa shape index (κ1) is 14.9. The molecule has 1 aliphatic carbocycles. The number of amides is 1. The van der Waals surface area contributed by atoms with Crippen molar-refractivity contribution in [3.05, 3.63) is 30.3 Å². The van der Waals surface area contributed by atoms with Gasteiger partial charge in [0.25, 0.3) is 0 Å². The van der Waals surface area contributed by atoms with Gasteiger partial charge in [0.15, 0.2) is 0 Å². The summed E-state index contributed by atoms with van der Waals surface area (Å²) < 4.78 is 0. The number of benzene rings is 1. The molecular weight excluding hydrogens is 250 g/mol. The Hall–Kier alpha value is -1.55. The molecule has 4 nitrogen and oxygen atoms in total. The van der Waals surface area contributed by atoms with E-state index in [0.717, 1.165) is 31.4 Å². The molecule has 1 aromatic carbocycles. The number of carbonyl (C=O) groups is 1. The summed E-state index contributed by atoms with van der Waals surface area (Å²) in [5, 5.41) is 3.01. The highest BCUT2D eigenvalue weighted by atomic mass is 16.2. The van der Waals surface area contributed by atoms with Crippen LogP contribution >= 0.6 is 0 Å². The second kappa shape index (κ2) is 7.29. The molecule has 0 spiro atoms. The van der Waals surface area contributed by atoms with Gasteiger partial charge >= 0.3 is 0 Å². The number of para-hydroxylation sites is 1. The van der Waals surface area contributed by atoms with Crippen molar-refractivity contribution in [1.82, 2.24) is 10.2 Å². The first-order valence-electron chi connectivity index (χ1n) is 7.47. The molecule has 1 fully saturated rings. The van der Waals surface area contributed by atoms with Crippen molar-refractivity contribution >= 4 is 11.6 Å². The summed E-state index contributed by atoms with van der Waals surface area (Å²) >= 11 is 0. The zero-order valence-electron chi connectivity index (χ0n) is 12.5. The van der Waals surface area contributed by atoms with Crippen LogP contribution < -0.4 is 10.2 Å². The Morgan fingerprint density at radius 3 is 2.60 bits per heavy atom. The summed E-state index contributed by atoms with van der Waals surface area (Å²) in [6.45, 7) is 5.00. The third kappa shape index (κ3) is 4.53. The van der Waals surface area contributed by atoms with Crippen LogP contribution in [0, 0.1) is 0 Å². The van der Waals surface area contributed by atoms with Crippen molar-refractivity contribution < 1.29 is 4.79 Å². The van der Waals surface area contributed by atoms with E-state index in [1.807, 2.05) is 30.3 Å². The van der Waals surface area contributed by atoms with Gasteiger partial charge in [0, 0.05) is 31.4 Å². The van der Waals surface area contributed by atoms with E-state index in [1.165, 1.54) is 12.8 Å². The maximum absolute atomic E-state index is 12.0. The van der Waals surface area contributed by atoms with E-state index in [4.69, 9.17) is 0 Å². The number of rotatable bonds is 8. The molecule has 20 heavy (non-hydrogen) atoms. The van der Waals surface area contributed by atoms with E-state index < -0.39 is 0 Å². The lowest BCUT2D eigenvalue weighted by Gasteiger charge is -2.23. The molecule has 2 rings (SSSR count). The molecule has 0 heterocycles. The molecule has 0 bridgehead atoms. The van der Waals surface area contributed by atoms with Crippen LogP contribution in [0.25, 0.3) is 0 Å². The number of nitrogens with one attached hydrogen (secondary N) is 1. The summed E-state index contributed by atoms with van der Waals surface area (Å²) in [5.74, 6) is 0.0971. The molecule has 1 amide bonds. The highest BCUT2D eigenvalue weighted by Crippen LogP contribution is 2.24. The van der Waals surface area contributed by atoms with Crippen LogP contribution in [0.5, 0.6) is 0 Å². The molecule has 110 valence electrons. The van der Waals surface area contributed by atoms with Gasteiger partial charge in [-0.1, -0.05) is 18.2 Å². The lowest BCUT2D eigenvalue weighted by Crippen LogP contribution is -2.40. The van der Waals surface area contributed by atoms with Crippen LogP contribution in [-0.4, -0.2) is 50.1 Å². The quantitative estimate of drug-likeness (QED) is 0.785. The van der Waals surface area contributed by atoms with Crippen LogP contribution in [0.15, 0.2) is 30.3 Å². The number of anilines is 1. The van der Waals surface area contributed by atoms with Gasteiger partial charge in [-0.15, -0.1) is 0 Å². The molecule has 0 saturated heterocycles. The zero-order valence-corrected chi connectivity index (χ0v) is 12.5. The molecule has 4 heteroatoms. The third-order valence-corrected chi connectivity index (χ3v) is 3.79. The van der Waals surface area contributed by atoms with Gasteiger partial charge < -0.3 is 15.1 Å². The number of likely N-dealkylation sites (N-methyl/N-ethyl adjacent to an activating group) is 2. The molecule has 1 N–H and O–H groups in total. The highest BCUT2D eigenvalue weighted by molar-refractivity contribution is 5.81. The molecule has 0 aromatic heterocycles. The number of carbonyl (C=O) groups excluding carboxylic acids is 1. The van der Waals surface area contributed by atoms with E-state index in [0.29, 0.717) is 6.54 Å². The molecule has 0 unspecified atom stereocenters. The van der Waals surface area contributed by atoms with Gasteiger partial charge in [0.1, 0.15) is 0 Å². The summed E-state index contributed by atoms with van der Waals surface area (Å²) in [5.41, 5.74) is 1.10. The largest absolute Gasteiger partial charge is 0.363 e. The molecule has 0 aliphatic heterocycles. The normalized spacial score (nSPS) is 14.3. The Morgan fingerprint density at radius 2 is 2.00 bits per heavy atom.